The second-order valence-electron chi connectivity index (χ2n) is 8.24. The van der Waals surface area contributed by atoms with Crippen LogP contribution in [0.2, 0.25) is 0 Å². The fraction of sp³-hybridized carbons (Fsp3) is 0.417. The number of fused-ring (bicyclic) bond motifs is 2. The summed E-state index contributed by atoms with van der Waals surface area (Å²) in [5, 5.41) is 1.03. The maximum absolute atomic E-state index is 13.4. The van der Waals surface area contributed by atoms with Gasteiger partial charge in [-0.2, -0.15) is 0 Å². The smallest absolute Gasteiger partial charge is 0.227 e. The number of amides is 1. The van der Waals surface area contributed by atoms with Crippen molar-refractivity contribution in [1.29, 1.82) is 0 Å². The van der Waals surface area contributed by atoms with Crippen LogP contribution in [0.1, 0.15) is 24.0 Å². The fourth-order valence-corrected chi connectivity index (χ4v) is 5.68. The Balaban J connectivity index is 1.31. The maximum atomic E-state index is 13.4. The second-order valence-corrected chi connectivity index (χ2v) is 9.24. The zero-order valence-corrected chi connectivity index (χ0v) is 18.8. The van der Waals surface area contributed by atoms with Crippen LogP contribution in [-0.2, 0) is 17.8 Å². The Morgan fingerprint density at radius 1 is 1.10 bits per heavy atom. The van der Waals surface area contributed by atoms with Crippen molar-refractivity contribution in [1.82, 2.24) is 9.88 Å². The van der Waals surface area contributed by atoms with Gasteiger partial charge in [-0.25, -0.2) is 4.98 Å². The molecule has 0 radical (unpaired) electrons. The topological polar surface area (TPSA) is 54.9 Å². The molecule has 1 fully saturated rings. The van der Waals surface area contributed by atoms with E-state index in [1.807, 2.05) is 29.2 Å². The number of carbonyl (C=O) groups excluding carboxylic acids is 1. The Kier molecular flexibility index (Phi) is 5.44. The predicted molar refractivity (Wildman–Crippen MR) is 123 cm³/mol. The highest BCUT2D eigenvalue weighted by Crippen LogP contribution is 2.35. The lowest BCUT2D eigenvalue weighted by molar-refractivity contribution is -0.136. The molecule has 1 saturated heterocycles. The van der Waals surface area contributed by atoms with Crippen LogP contribution in [0.5, 0.6) is 11.5 Å². The fourth-order valence-electron chi connectivity index (χ4n) is 4.68. The average molecular weight is 438 g/mol. The summed E-state index contributed by atoms with van der Waals surface area (Å²) in [6.45, 7) is 3.09. The van der Waals surface area contributed by atoms with Crippen LogP contribution >= 0.6 is 11.3 Å². The number of para-hydroxylation sites is 1. The van der Waals surface area contributed by atoms with Crippen molar-refractivity contribution in [3.8, 4) is 11.5 Å². The summed E-state index contributed by atoms with van der Waals surface area (Å²) in [6.07, 6.45) is 2.80. The quantitative estimate of drug-likeness (QED) is 0.615. The van der Waals surface area contributed by atoms with Gasteiger partial charge in [0.05, 0.1) is 30.4 Å². The molecule has 31 heavy (non-hydrogen) atoms. The monoisotopic (exact) mass is 437 g/mol. The highest BCUT2D eigenvalue weighted by molar-refractivity contribution is 7.22. The first-order valence-corrected chi connectivity index (χ1v) is 11.6. The van der Waals surface area contributed by atoms with Crippen molar-refractivity contribution in [2.45, 2.75) is 25.8 Å². The number of hydrogen-bond acceptors (Lipinski definition) is 6. The van der Waals surface area contributed by atoms with Crippen molar-refractivity contribution in [2.75, 3.05) is 38.8 Å². The van der Waals surface area contributed by atoms with Gasteiger partial charge in [0, 0.05) is 26.2 Å². The lowest BCUT2D eigenvalue weighted by atomic mass is 9.94. The summed E-state index contributed by atoms with van der Waals surface area (Å²) < 4.78 is 12.1. The summed E-state index contributed by atoms with van der Waals surface area (Å²) in [7, 11) is 3.30. The molecule has 0 saturated carbocycles. The first kappa shape index (κ1) is 20.1. The van der Waals surface area contributed by atoms with Crippen LogP contribution in [0.4, 0.5) is 5.13 Å². The summed E-state index contributed by atoms with van der Waals surface area (Å²) in [5.41, 5.74) is 3.42. The van der Waals surface area contributed by atoms with E-state index in [0.29, 0.717) is 6.54 Å². The number of methoxy groups -OCH3 is 2. The molecule has 1 unspecified atom stereocenters. The van der Waals surface area contributed by atoms with Crippen molar-refractivity contribution >= 4 is 32.6 Å². The minimum absolute atomic E-state index is 0.0162. The van der Waals surface area contributed by atoms with E-state index in [-0.39, 0.29) is 11.8 Å². The second kappa shape index (κ2) is 8.38. The van der Waals surface area contributed by atoms with Crippen LogP contribution in [0, 0.1) is 5.92 Å². The number of rotatable bonds is 4. The van der Waals surface area contributed by atoms with E-state index in [1.54, 1.807) is 25.6 Å². The molecule has 2 aliphatic rings. The number of hydrogen-bond donors (Lipinski definition) is 0. The molecule has 162 valence electrons. The van der Waals surface area contributed by atoms with Gasteiger partial charge in [0.1, 0.15) is 0 Å². The summed E-state index contributed by atoms with van der Waals surface area (Å²) in [5.74, 6) is 1.74. The van der Waals surface area contributed by atoms with Gasteiger partial charge in [0.25, 0.3) is 0 Å². The molecule has 1 aromatic heterocycles. The third kappa shape index (κ3) is 3.82. The molecular formula is C24H27N3O3S. The number of ether oxygens (including phenoxy) is 2. The summed E-state index contributed by atoms with van der Waals surface area (Å²) in [4.78, 5) is 22.5. The lowest BCUT2D eigenvalue weighted by Gasteiger charge is -2.36. The van der Waals surface area contributed by atoms with E-state index in [2.05, 4.69) is 17.0 Å². The van der Waals surface area contributed by atoms with E-state index in [4.69, 9.17) is 14.5 Å². The van der Waals surface area contributed by atoms with Crippen LogP contribution in [0.25, 0.3) is 10.2 Å². The van der Waals surface area contributed by atoms with Crippen molar-refractivity contribution in [3.63, 3.8) is 0 Å². The summed E-state index contributed by atoms with van der Waals surface area (Å²) in [6, 6.07) is 12.3. The first-order chi connectivity index (χ1) is 15.2. The Morgan fingerprint density at radius 2 is 1.87 bits per heavy atom. The van der Waals surface area contributed by atoms with Gasteiger partial charge >= 0.3 is 0 Å². The van der Waals surface area contributed by atoms with Crippen molar-refractivity contribution in [2.24, 2.45) is 5.92 Å². The average Bonchev–Trinajstić information content (AvgIpc) is 3.27. The number of piperidine rings is 1. The van der Waals surface area contributed by atoms with Gasteiger partial charge in [-0.1, -0.05) is 23.5 Å². The highest BCUT2D eigenvalue weighted by Gasteiger charge is 2.32. The first-order valence-electron chi connectivity index (χ1n) is 10.8. The molecule has 0 spiro atoms. The number of thiazole rings is 1. The SMILES string of the molecule is COc1cc2c(cc1OC)CN(C(=O)C1CCCN(c3nc4ccccc4s3)C1)CC2. The summed E-state index contributed by atoms with van der Waals surface area (Å²) >= 11 is 1.72. The Hall–Kier alpha value is -2.80. The zero-order chi connectivity index (χ0) is 21.4. The van der Waals surface area contributed by atoms with Crippen LogP contribution in [0.3, 0.4) is 0 Å². The standard InChI is InChI=1S/C24H27N3O3S/c1-29-20-12-16-9-11-26(15-18(16)13-21(20)30-2)23(28)17-6-5-10-27(14-17)24-25-19-7-3-4-8-22(19)31-24/h3-4,7-8,12-13,17H,5-6,9-11,14-15H2,1-2H3. The third-order valence-electron chi connectivity index (χ3n) is 6.35. The largest absolute Gasteiger partial charge is 0.493 e. The van der Waals surface area contributed by atoms with E-state index in [0.717, 1.165) is 66.6 Å². The number of carbonyl (C=O) groups is 1. The molecule has 5 rings (SSSR count). The van der Waals surface area contributed by atoms with Crippen molar-refractivity contribution < 1.29 is 14.3 Å². The minimum Gasteiger partial charge on any atom is -0.493 e. The molecular weight excluding hydrogens is 410 g/mol. The number of nitrogens with zero attached hydrogens (tertiary/aromatic N) is 3. The molecule has 0 bridgehead atoms. The Labute approximate surface area is 186 Å². The van der Waals surface area contributed by atoms with E-state index >= 15 is 0 Å². The normalized spacial score (nSPS) is 18.7. The molecule has 0 N–H and O–H groups in total. The zero-order valence-electron chi connectivity index (χ0n) is 18.0. The number of aromatic nitrogens is 1. The van der Waals surface area contributed by atoms with E-state index in [9.17, 15) is 4.79 Å². The Bertz CT molecular complexity index is 1080. The molecule has 3 aromatic rings. The Morgan fingerprint density at radius 3 is 2.65 bits per heavy atom. The predicted octanol–water partition coefficient (Wildman–Crippen LogP) is 4.11. The molecule has 0 aliphatic carbocycles. The third-order valence-corrected chi connectivity index (χ3v) is 7.45. The minimum atomic E-state index is 0.0162. The molecule has 1 amide bonds. The van der Waals surface area contributed by atoms with Gasteiger partial charge in [-0.05, 0) is 54.7 Å². The molecule has 1 atom stereocenters. The number of benzene rings is 2. The van der Waals surface area contributed by atoms with Gasteiger partial charge in [-0.3, -0.25) is 4.79 Å². The van der Waals surface area contributed by atoms with Crippen LogP contribution in [0.15, 0.2) is 36.4 Å². The van der Waals surface area contributed by atoms with Gasteiger partial charge in [-0.15, -0.1) is 0 Å². The van der Waals surface area contributed by atoms with E-state index < -0.39 is 0 Å². The maximum Gasteiger partial charge on any atom is 0.227 e. The molecule has 6 nitrogen and oxygen atoms in total. The van der Waals surface area contributed by atoms with Crippen molar-refractivity contribution in [3.05, 3.63) is 47.5 Å². The molecule has 3 heterocycles. The van der Waals surface area contributed by atoms with Crippen LogP contribution < -0.4 is 14.4 Å². The van der Waals surface area contributed by atoms with Crippen LogP contribution in [-0.4, -0.2) is 49.6 Å². The van der Waals surface area contributed by atoms with Gasteiger partial charge in [0.15, 0.2) is 16.6 Å². The van der Waals surface area contributed by atoms with Gasteiger partial charge in [0.2, 0.25) is 5.91 Å². The lowest BCUT2D eigenvalue weighted by Crippen LogP contribution is -2.46. The van der Waals surface area contributed by atoms with E-state index in [1.165, 1.54) is 10.3 Å². The molecule has 7 heteroatoms. The molecule has 2 aromatic carbocycles. The molecule has 2 aliphatic heterocycles. The van der Waals surface area contributed by atoms with Gasteiger partial charge < -0.3 is 19.3 Å². The highest BCUT2D eigenvalue weighted by atomic mass is 32.1. The number of anilines is 1.